The van der Waals surface area contributed by atoms with Crippen LogP contribution in [0.2, 0.25) is 0 Å². The molecule has 0 atom stereocenters. The molecule has 1 fully saturated rings. The van der Waals surface area contributed by atoms with Crippen LogP contribution >= 0.6 is 0 Å². The van der Waals surface area contributed by atoms with E-state index in [2.05, 4.69) is 12.2 Å². The third-order valence-electron chi connectivity index (χ3n) is 3.47. The number of nitrogens with one attached hydrogen (secondary N) is 1. The van der Waals surface area contributed by atoms with E-state index in [0.29, 0.717) is 0 Å². The summed E-state index contributed by atoms with van der Waals surface area (Å²) in [6, 6.07) is 4.98. The van der Waals surface area contributed by atoms with Crippen molar-refractivity contribution in [2.45, 2.75) is 44.7 Å². The minimum atomic E-state index is -0.0594. The largest absolute Gasteiger partial charge is 0.504 e. The number of hydrogen-bond acceptors (Lipinski definition) is 3. The molecule has 16 heavy (non-hydrogen) atoms. The molecule has 2 rings (SSSR count). The smallest absolute Gasteiger partial charge is 0.157 e. The van der Waals surface area contributed by atoms with Gasteiger partial charge in [0.05, 0.1) is 0 Å². The standard InChI is InChI=1S/C13H19NO2/c1-13(6-2-3-7-13)14-9-10-4-5-11(15)12(16)8-10/h4-5,8,14-16H,2-3,6-7,9H2,1H3. The van der Waals surface area contributed by atoms with Crippen LogP contribution in [0, 0.1) is 0 Å². The maximum absolute atomic E-state index is 9.38. The Kier molecular flexibility index (Phi) is 3.06. The molecule has 3 nitrogen and oxygen atoms in total. The van der Waals surface area contributed by atoms with Crippen LogP contribution in [0.15, 0.2) is 18.2 Å². The molecule has 0 amide bonds. The molecule has 0 spiro atoms. The number of aromatic hydroxyl groups is 2. The Morgan fingerprint density at radius 1 is 1.19 bits per heavy atom. The minimum Gasteiger partial charge on any atom is -0.504 e. The van der Waals surface area contributed by atoms with E-state index in [1.807, 2.05) is 6.07 Å². The molecule has 1 aliphatic rings. The third kappa shape index (κ3) is 2.47. The van der Waals surface area contributed by atoms with Gasteiger partial charge in [-0.05, 0) is 37.5 Å². The second-order valence-electron chi connectivity index (χ2n) is 4.94. The Morgan fingerprint density at radius 2 is 1.88 bits per heavy atom. The van der Waals surface area contributed by atoms with Gasteiger partial charge in [-0.25, -0.2) is 0 Å². The molecule has 0 unspecified atom stereocenters. The monoisotopic (exact) mass is 221 g/mol. The van der Waals surface area contributed by atoms with Crippen LogP contribution in [0.25, 0.3) is 0 Å². The van der Waals surface area contributed by atoms with Crippen molar-refractivity contribution in [3.8, 4) is 11.5 Å². The fourth-order valence-corrected chi connectivity index (χ4v) is 2.33. The van der Waals surface area contributed by atoms with Crippen molar-refractivity contribution >= 4 is 0 Å². The number of benzene rings is 1. The predicted molar refractivity (Wildman–Crippen MR) is 63.5 cm³/mol. The van der Waals surface area contributed by atoms with E-state index >= 15 is 0 Å². The quantitative estimate of drug-likeness (QED) is 0.687. The first-order valence-electron chi connectivity index (χ1n) is 5.85. The number of phenols is 2. The van der Waals surface area contributed by atoms with Crippen LogP contribution in [0.5, 0.6) is 11.5 Å². The van der Waals surface area contributed by atoms with E-state index < -0.39 is 0 Å². The van der Waals surface area contributed by atoms with E-state index in [0.717, 1.165) is 12.1 Å². The Bertz CT molecular complexity index is 370. The highest BCUT2D eigenvalue weighted by Gasteiger charge is 2.27. The Morgan fingerprint density at radius 3 is 2.50 bits per heavy atom. The first-order chi connectivity index (χ1) is 7.59. The lowest BCUT2D eigenvalue weighted by Crippen LogP contribution is -2.38. The van der Waals surface area contributed by atoms with Gasteiger partial charge in [0.15, 0.2) is 11.5 Å². The second-order valence-corrected chi connectivity index (χ2v) is 4.94. The zero-order valence-corrected chi connectivity index (χ0v) is 9.66. The lowest BCUT2D eigenvalue weighted by atomic mass is 10.0. The maximum Gasteiger partial charge on any atom is 0.157 e. The van der Waals surface area contributed by atoms with Gasteiger partial charge in [0.2, 0.25) is 0 Å². The predicted octanol–water partition coefficient (Wildman–Crippen LogP) is 2.52. The molecule has 1 aromatic rings. The summed E-state index contributed by atoms with van der Waals surface area (Å²) in [6.45, 7) is 2.99. The molecule has 0 heterocycles. The van der Waals surface area contributed by atoms with Crippen molar-refractivity contribution in [3.63, 3.8) is 0 Å². The summed E-state index contributed by atoms with van der Waals surface area (Å²) in [5.41, 5.74) is 1.25. The number of hydrogen-bond donors (Lipinski definition) is 3. The van der Waals surface area contributed by atoms with Gasteiger partial charge in [-0.15, -0.1) is 0 Å². The SMILES string of the molecule is CC1(NCc2ccc(O)c(O)c2)CCCC1. The van der Waals surface area contributed by atoms with Gasteiger partial charge in [-0.3, -0.25) is 0 Å². The molecule has 3 heteroatoms. The fourth-order valence-electron chi connectivity index (χ4n) is 2.33. The van der Waals surface area contributed by atoms with Crippen LogP contribution in [-0.4, -0.2) is 15.8 Å². The first kappa shape index (κ1) is 11.3. The molecule has 3 N–H and O–H groups in total. The van der Waals surface area contributed by atoms with Gasteiger partial charge >= 0.3 is 0 Å². The normalized spacial score (nSPS) is 18.8. The molecular weight excluding hydrogens is 202 g/mol. The van der Waals surface area contributed by atoms with Crippen molar-refractivity contribution in [1.82, 2.24) is 5.32 Å². The molecular formula is C13H19NO2. The van der Waals surface area contributed by atoms with E-state index in [1.54, 1.807) is 6.07 Å². The summed E-state index contributed by atoms with van der Waals surface area (Å²) in [5, 5.41) is 22.1. The highest BCUT2D eigenvalue weighted by atomic mass is 16.3. The Hall–Kier alpha value is -1.22. The van der Waals surface area contributed by atoms with Crippen LogP contribution in [0.3, 0.4) is 0 Å². The summed E-state index contributed by atoms with van der Waals surface area (Å²) in [5.74, 6) is -0.105. The van der Waals surface area contributed by atoms with Crippen LogP contribution < -0.4 is 5.32 Å². The lowest BCUT2D eigenvalue weighted by molar-refractivity contribution is 0.361. The van der Waals surface area contributed by atoms with E-state index in [-0.39, 0.29) is 17.0 Å². The highest BCUT2D eigenvalue weighted by molar-refractivity contribution is 5.40. The molecule has 0 radical (unpaired) electrons. The number of rotatable bonds is 3. The lowest BCUT2D eigenvalue weighted by Gasteiger charge is -2.25. The highest BCUT2D eigenvalue weighted by Crippen LogP contribution is 2.30. The molecule has 0 aromatic heterocycles. The van der Waals surface area contributed by atoms with E-state index in [9.17, 15) is 10.2 Å². The molecule has 1 aliphatic carbocycles. The summed E-state index contributed by atoms with van der Waals surface area (Å²) >= 11 is 0. The molecule has 1 saturated carbocycles. The first-order valence-corrected chi connectivity index (χ1v) is 5.85. The van der Waals surface area contributed by atoms with Gasteiger partial charge in [0.25, 0.3) is 0 Å². The van der Waals surface area contributed by atoms with Crippen LogP contribution in [-0.2, 0) is 6.54 Å². The molecule has 0 aliphatic heterocycles. The summed E-state index contributed by atoms with van der Waals surface area (Å²) < 4.78 is 0. The summed E-state index contributed by atoms with van der Waals surface area (Å²) in [7, 11) is 0. The van der Waals surface area contributed by atoms with Crippen molar-refractivity contribution in [3.05, 3.63) is 23.8 Å². The van der Waals surface area contributed by atoms with Gasteiger partial charge in [0, 0.05) is 12.1 Å². The van der Waals surface area contributed by atoms with Gasteiger partial charge in [-0.1, -0.05) is 18.9 Å². The average Bonchev–Trinajstić information content (AvgIpc) is 2.68. The molecule has 1 aromatic carbocycles. The van der Waals surface area contributed by atoms with Gasteiger partial charge in [0.1, 0.15) is 0 Å². The molecule has 0 saturated heterocycles. The van der Waals surface area contributed by atoms with Crippen molar-refractivity contribution in [1.29, 1.82) is 0 Å². The second kappa shape index (κ2) is 4.34. The van der Waals surface area contributed by atoms with Gasteiger partial charge < -0.3 is 15.5 Å². The minimum absolute atomic E-state index is 0.0455. The van der Waals surface area contributed by atoms with Crippen molar-refractivity contribution in [2.24, 2.45) is 0 Å². The summed E-state index contributed by atoms with van der Waals surface area (Å²) in [6.07, 6.45) is 5.03. The summed E-state index contributed by atoms with van der Waals surface area (Å²) in [4.78, 5) is 0. The average molecular weight is 221 g/mol. The Balaban J connectivity index is 1.96. The van der Waals surface area contributed by atoms with Crippen LogP contribution in [0.4, 0.5) is 0 Å². The number of phenolic OH excluding ortho intramolecular Hbond substituents is 2. The zero-order chi connectivity index (χ0) is 11.6. The van der Waals surface area contributed by atoms with Crippen molar-refractivity contribution in [2.75, 3.05) is 0 Å². The van der Waals surface area contributed by atoms with E-state index in [1.165, 1.54) is 31.7 Å². The maximum atomic E-state index is 9.38. The fraction of sp³-hybridized carbons (Fsp3) is 0.538. The van der Waals surface area contributed by atoms with Crippen LogP contribution in [0.1, 0.15) is 38.2 Å². The van der Waals surface area contributed by atoms with E-state index in [4.69, 9.17) is 0 Å². The Labute approximate surface area is 96.1 Å². The zero-order valence-electron chi connectivity index (χ0n) is 9.66. The van der Waals surface area contributed by atoms with Crippen molar-refractivity contribution < 1.29 is 10.2 Å². The topological polar surface area (TPSA) is 52.5 Å². The third-order valence-corrected chi connectivity index (χ3v) is 3.47. The van der Waals surface area contributed by atoms with Gasteiger partial charge in [-0.2, -0.15) is 0 Å². The molecule has 0 bridgehead atoms. The molecule has 88 valence electrons.